The first kappa shape index (κ1) is 29.0. The zero-order valence-corrected chi connectivity index (χ0v) is 23.4. The molecule has 37 heavy (non-hydrogen) atoms. The normalized spacial score (nSPS) is 18.9. The summed E-state index contributed by atoms with van der Waals surface area (Å²) in [7, 11) is 0. The van der Waals surface area contributed by atoms with E-state index in [1.807, 2.05) is 43.3 Å². The highest BCUT2D eigenvalue weighted by atomic mass is 16.5. The van der Waals surface area contributed by atoms with E-state index in [2.05, 4.69) is 49.6 Å². The molecule has 1 atom stereocenters. The first-order valence-corrected chi connectivity index (χ1v) is 13.4. The van der Waals surface area contributed by atoms with Gasteiger partial charge in [-0.15, -0.1) is 0 Å². The largest absolute Gasteiger partial charge is 0.492 e. The van der Waals surface area contributed by atoms with Gasteiger partial charge in [0.1, 0.15) is 30.3 Å². The first-order chi connectivity index (χ1) is 17.5. The molecule has 7 nitrogen and oxygen atoms in total. The van der Waals surface area contributed by atoms with E-state index in [0.29, 0.717) is 50.6 Å². The van der Waals surface area contributed by atoms with Crippen molar-refractivity contribution in [1.29, 1.82) is 0 Å². The second-order valence-electron chi connectivity index (χ2n) is 10.9. The molecule has 0 spiro atoms. The van der Waals surface area contributed by atoms with Crippen molar-refractivity contribution in [3.63, 3.8) is 0 Å². The average Bonchev–Trinajstić information content (AvgIpc) is 3.01. The van der Waals surface area contributed by atoms with Crippen LogP contribution in [-0.4, -0.2) is 89.3 Å². The van der Waals surface area contributed by atoms with Crippen LogP contribution in [-0.2, 0) is 11.3 Å². The Kier molecular flexibility index (Phi) is 10.4. The molecule has 1 aliphatic heterocycles. The van der Waals surface area contributed by atoms with Gasteiger partial charge in [-0.1, -0.05) is 29.8 Å². The summed E-state index contributed by atoms with van der Waals surface area (Å²) in [6, 6.07) is 16.9. The van der Waals surface area contributed by atoms with Crippen LogP contribution in [0.4, 0.5) is 0 Å². The number of aliphatic hydroxyl groups is 1. The molecule has 204 valence electrons. The first-order valence-electron chi connectivity index (χ1n) is 13.4. The molecule has 0 bridgehead atoms. The van der Waals surface area contributed by atoms with Crippen molar-refractivity contribution in [2.45, 2.75) is 65.8 Å². The molecule has 1 aliphatic rings. The topological polar surface area (TPSA) is 65.5 Å². The number of hydrogen-bond acceptors (Lipinski definition) is 6. The number of β-amino-alcohol motifs (C(OH)–C–C–N with tert-alkyl or cyclic N) is 1. The minimum atomic E-state index is -1.17. The van der Waals surface area contributed by atoms with E-state index in [9.17, 15) is 9.90 Å². The van der Waals surface area contributed by atoms with Crippen molar-refractivity contribution in [2.24, 2.45) is 0 Å². The zero-order chi connectivity index (χ0) is 27.0. The monoisotopic (exact) mass is 511 g/mol. The fourth-order valence-corrected chi connectivity index (χ4v) is 4.92. The number of ether oxygens (including phenoxy) is 2. The fourth-order valence-electron chi connectivity index (χ4n) is 4.92. The molecule has 1 saturated heterocycles. The lowest BCUT2D eigenvalue weighted by Gasteiger charge is -2.32. The third-order valence-corrected chi connectivity index (χ3v) is 6.94. The number of hydrogen-bond donors (Lipinski definition) is 1. The number of carbonyl (C=O) groups is 1. The van der Waals surface area contributed by atoms with Crippen molar-refractivity contribution in [3.05, 3.63) is 59.7 Å². The second kappa shape index (κ2) is 13.3. The number of carbonyl (C=O) groups excluding carboxylic acids is 1. The molecule has 3 rings (SSSR count). The van der Waals surface area contributed by atoms with Crippen LogP contribution >= 0.6 is 0 Å². The maximum Gasteiger partial charge on any atom is 0.219 e. The van der Waals surface area contributed by atoms with Crippen molar-refractivity contribution in [1.82, 2.24) is 14.7 Å². The van der Waals surface area contributed by atoms with Crippen LogP contribution in [0.15, 0.2) is 48.5 Å². The molecule has 1 fully saturated rings. The second-order valence-corrected chi connectivity index (χ2v) is 10.9. The van der Waals surface area contributed by atoms with Crippen LogP contribution in [0, 0.1) is 6.92 Å². The molecule has 2 aromatic rings. The van der Waals surface area contributed by atoms with Gasteiger partial charge < -0.3 is 19.5 Å². The standard InChI is InChI=1S/C30H45N3O4/c1-23(2)33(24(3)4)17-18-36-28-13-9-27(10-14-28)19-31-15-16-32(26(6)34)21-30(35,20-31)22-37-29-11-7-25(5)8-12-29/h7-14,23-24,35H,15-22H2,1-6H3/t30-/m0/s1. The van der Waals surface area contributed by atoms with Gasteiger partial charge in [0, 0.05) is 51.7 Å². The molecular weight excluding hydrogens is 466 g/mol. The Morgan fingerprint density at radius 3 is 2.14 bits per heavy atom. The van der Waals surface area contributed by atoms with E-state index in [1.54, 1.807) is 11.8 Å². The molecule has 0 saturated carbocycles. The summed E-state index contributed by atoms with van der Waals surface area (Å²) in [5.74, 6) is 1.54. The molecule has 1 N–H and O–H groups in total. The van der Waals surface area contributed by atoms with Crippen LogP contribution in [0.1, 0.15) is 45.7 Å². The van der Waals surface area contributed by atoms with Gasteiger partial charge in [0.25, 0.3) is 0 Å². The average molecular weight is 512 g/mol. The minimum absolute atomic E-state index is 0.0365. The Labute approximate surface area is 223 Å². The van der Waals surface area contributed by atoms with Gasteiger partial charge in [0.2, 0.25) is 5.91 Å². The van der Waals surface area contributed by atoms with Gasteiger partial charge in [0.05, 0.1) is 6.54 Å². The third-order valence-electron chi connectivity index (χ3n) is 6.94. The van der Waals surface area contributed by atoms with E-state index in [-0.39, 0.29) is 19.1 Å². The van der Waals surface area contributed by atoms with Crippen molar-refractivity contribution < 1.29 is 19.4 Å². The molecule has 0 unspecified atom stereocenters. The van der Waals surface area contributed by atoms with Gasteiger partial charge in [-0.3, -0.25) is 14.6 Å². The van der Waals surface area contributed by atoms with Gasteiger partial charge in [-0.25, -0.2) is 0 Å². The lowest BCUT2D eigenvalue weighted by molar-refractivity contribution is -0.132. The fraction of sp³-hybridized carbons (Fsp3) is 0.567. The predicted molar refractivity (Wildman–Crippen MR) is 148 cm³/mol. The Balaban J connectivity index is 1.59. The van der Waals surface area contributed by atoms with Crippen LogP contribution in [0.5, 0.6) is 11.5 Å². The molecule has 7 heteroatoms. The van der Waals surface area contributed by atoms with Crippen LogP contribution in [0.25, 0.3) is 0 Å². The van der Waals surface area contributed by atoms with E-state index in [4.69, 9.17) is 9.47 Å². The quantitative estimate of drug-likeness (QED) is 0.493. The van der Waals surface area contributed by atoms with E-state index >= 15 is 0 Å². The number of rotatable bonds is 11. The number of benzene rings is 2. The highest BCUT2D eigenvalue weighted by Crippen LogP contribution is 2.21. The summed E-state index contributed by atoms with van der Waals surface area (Å²) in [6.45, 7) is 16.7. The maximum absolute atomic E-state index is 12.2. The van der Waals surface area contributed by atoms with Gasteiger partial charge in [0.15, 0.2) is 0 Å². The minimum Gasteiger partial charge on any atom is -0.492 e. The Morgan fingerprint density at radius 1 is 0.946 bits per heavy atom. The third kappa shape index (κ3) is 9.02. The summed E-state index contributed by atoms with van der Waals surface area (Å²) < 4.78 is 12.0. The highest BCUT2D eigenvalue weighted by Gasteiger charge is 2.36. The van der Waals surface area contributed by atoms with E-state index in [1.165, 1.54) is 0 Å². The summed E-state index contributed by atoms with van der Waals surface area (Å²) in [6.07, 6.45) is 0. The molecule has 0 aromatic heterocycles. The smallest absolute Gasteiger partial charge is 0.219 e. The summed E-state index contributed by atoms with van der Waals surface area (Å²) in [4.78, 5) is 18.5. The molecule has 0 radical (unpaired) electrons. The Hall–Kier alpha value is -2.61. The van der Waals surface area contributed by atoms with E-state index < -0.39 is 5.60 Å². The molecular formula is C30H45N3O4. The van der Waals surface area contributed by atoms with E-state index in [0.717, 1.165) is 23.4 Å². The highest BCUT2D eigenvalue weighted by molar-refractivity contribution is 5.73. The van der Waals surface area contributed by atoms with Gasteiger partial charge >= 0.3 is 0 Å². The Bertz CT molecular complexity index is 969. The number of aryl methyl sites for hydroxylation is 1. The van der Waals surface area contributed by atoms with Crippen LogP contribution in [0.3, 0.4) is 0 Å². The van der Waals surface area contributed by atoms with Crippen molar-refractivity contribution in [3.8, 4) is 11.5 Å². The molecule has 0 aliphatic carbocycles. The zero-order valence-electron chi connectivity index (χ0n) is 23.4. The summed E-state index contributed by atoms with van der Waals surface area (Å²) in [5, 5.41) is 11.5. The van der Waals surface area contributed by atoms with Crippen LogP contribution in [0.2, 0.25) is 0 Å². The summed E-state index contributed by atoms with van der Waals surface area (Å²) in [5.41, 5.74) is 1.12. The summed E-state index contributed by atoms with van der Waals surface area (Å²) >= 11 is 0. The molecule has 2 aromatic carbocycles. The van der Waals surface area contributed by atoms with Gasteiger partial charge in [-0.2, -0.15) is 0 Å². The lowest BCUT2D eigenvalue weighted by atomic mass is 10.0. The van der Waals surface area contributed by atoms with Crippen molar-refractivity contribution >= 4 is 5.91 Å². The number of amides is 1. The number of nitrogens with zero attached hydrogens (tertiary/aromatic N) is 3. The molecule has 1 heterocycles. The maximum atomic E-state index is 12.2. The van der Waals surface area contributed by atoms with Crippen molar-refractivity contribution in [2.75, 3.05) is 45.9 Å². The molecule has 1 amide bonds. The van der Waals surface area contributed by atoms with Crippen LogP contribution < -0.4 is 9.47 Å². The predicted octanol–water partition coefficient (Wildman–Crippen LogP) is 3.97. The Morgan fingerprint density at radius 2 is 1.54 bits per heavy atom. The van der Waals surface area contributed by atoms with Gasteiger partial charge in [-0.05, 0) is 64.4 Å². The SMILES string of the molecule is CC(=O)N1CCN(Cc2ccc(OCCN(C(C)C)C(C)C)cc2)C[C@@](O)(COc2ccc(C)cc2)C1. The lowest BCUT2D eigenvalue weighted by Crippen LogP contribution is -2.51.